The van der Waals surface area contributed by atoms with Crippen LogP contribution in [0.5, 0.6) is 5.75 Å². The molecule has 1 N–H and O–H groups in total. The lowest BCUT2D eigenvalue weighted by molar-refractivity contribution is 0.414. The van der Waals surface area contributed by atoms with Crippen LogP contribution in [-0.2, 0) is 0 Å². The third kappa shape index (κ3) is 2.60. The minimum absolute atomic E-state index is 0.936. The zero-order chi connectivity index (χ0) is 10.5. The molecule has 2 heteroatoms. The predicted octanol–water partition coefficient (Wildman–Crippen LogP) is 2.46. The van der Waals surface area contributed by atoms with Crippen molar-refractivity contribution in [1.29, 1.82) is 0 Å². The molecule has 1 aromatic rings. The molecular formula is C13H17NO. The lowest BCUT2D eigenvalue weighted by atomic mass is 10.0. The van der Waals surface area contributed by atoms with Crippen LogP contribution in [-0.4, -0.2) is 20.2 Å². The van der Waals surface area contributed by atoms with Crippen molar-refractivity contribution in [3.05, 3.63) is 35.9 Å². The fourth-order valence-corrected chi connectivity index (χ4v) is 1.88. The number of rotatable bonds is 2. The fraction of sp³-hybridized carbons (Fsp3) is 0.385. The second-order valence-electron chi connectivity index (χ2n) is 3.75. The first-order valence-corrected chi connectivity index (χ1v) is 5.44. The molecule has 0 unspecified atom stereocenters. The summed E-state index contributed by atoms with van der Waals surface area (Å²) in [7, 11) is 1.71. The molecule has 2 nitrogen and oxygen atoms in total. The Morgan fingerprint density at radius 3 is 3.07 bits per heavy atom. The van der Waals surface area contributed by atoms with Crippen molar-refractivity contribution in [3.63, 3.8) is 0 Å². The van der Waals surface area contributed by atoms with E-state index in [1.54, 1.807) is 7.11 Å². The number of methoxy groups -OCH3 is 1. The molecule has 0 amide bonds. The largest absolute Gasteiger partial charge is 0.497 e. The van der Waals surface area contributed by atoms with Crippen molar-refractivity contribution < 1.29 is 4.74 Å². The molecule has 0 radical (unpaired) electrons. The number of benzene rings is 1. The van der Waals surface area contributed by atoms with Crippen molar-refractivity contribution >= 4 is 5.57 Å². The van der Waals surface area contributed by atoms with Crippen LogP contribution in [0, 0.1) is 0 Å². The van der Waals surface area contributed by atoms with Crippen LogP contribution < -0.4 is 10.1 Å². The summed E-state index contributed by atoms with van der Waals surface area (Å²) < 4.78 is 5.23. The van der Waals surface area contributed by atoms with Crippen LogP contribution in [0.2, 0.25) is 0 Å². The monoisotopic (exact) mass is 203 g/mol. The van der Waals surface area contributed by atoms with Crippen molar-refractivity contribution in [3.8, 4) is 5.75 Å². The van der Waals surface area contributed by atoms with Crippen molar-refractivity contribution in [2.24, 2.45) is 0 Å². The van der Waals surface area contributed by atoms with E-state index >= 15 is 0 Å². The molecule has 0 saturated carbocycles. The molecule has 2 rings (SSSR count). The Morgan fingerprint density at radius 1 is 1.27 bits per heavy atom. The maximum atomic E-state index is 5.23. The zero-order valence-corrected chi connectivity index (χ0v) is 9.12. The summed E-state index contributed by atoms with van der Waals surface area (Å²) in [5.41, 5.74) is 2.72. The molecule has 15 heavy (non-hydrogen) atoms. The normalized spacial score (nSPS) is 16.7. The molecule has 0 aliphatic carbocycles. The second-order valence-corrected chi connectivity index (χ2v) is 3.75. The number of hydrogen-bond donors (Lipinski definition) is 1. The lowest BCUT2D eigenvalue weighted by Gasteiger charge is -2.07. The van der Waals surface area contributed by atoms with Gasteiger partial charge in [-0.05, 0) is 49.2 Å². The van der Waals surface area contributed by atoms with E-state index in [9.17, 15) is 0 Å². The molecule has 0 saturated heterocycles. The molecule has 80 valence electrons. The van der Waals surface area contributed by atoms with Gasteiger partial charge in [0.2, 0.25) is 0 Å². The maximum absolute atomic E-state index is 5.23. The molecular weight excluding hydrogens is 186 g/mol. The summed E-state index contributed by atoms with van der Waals surface area (Å²) in [4.78, 5) is 0. The highest BCUT2D eigenvalue weighted by atomic mass is 16.5. The minimum Gasteiger partial charge on any atom is -0.497 e. The van der Waals surface area contributed by atoms with Gasteiger partial charge < -0.3 is 10.1 Å². The quantitative estimate of drug-likeness (QED) is 0.797. The Labute approximate surface area is 91.0 Å². The average Bonchev–Trinajstić information content (AvgIpc) is 2.58. The highest BCUT2D eigenvalue weighted by Gasteiger charge is 2.05. The van der Waals surface area contributed by atoms with Crippen LogP contribution in [0.15, 0.2) is 30.3 Å². The molecule has 1 aromatic carbocycles. The van der Waals surface area contributed by atoms with E-state index < -0.39 is 0 Å². The van der Waals surface area contributed by atoms with E-state index in [-0.39, 0.29) is 0 Å². The Balaban J connectivity index is 2.23. The molecule has 0 atom stereocenters. The van der Waals surface area contributed by atoms with Crippen molar-refractivity contribution in [1.82, 2.24) is 5.32 Å². The van der Waals surface area contributed by atoms with Gasteiger partial charge in [-0.1, -0.05) is 18.2 Å². The van der Waals surface area contributed by atoms with Gasteiger partial charge in [-0.2, -0.15) is 0 Å². The first kappa shape index (κ1) is 10.2. The number of hydrogen-bond acceptors (Lipinski definition) is 2. The van der Waals surface area contributed by atoms with Crippen molar-refractivity contribution in [2.75, 3.05) is 20.2 Å². The zero-order valence-electron chi connectivity index (χ0n) is 9.12. The Kier molecular flexibility index (Phi) is 3.41. The summed E-state index contributed by atoms with van der Waals surface area (Å²) in [6.45, 7) is 2.16. The molecule has 0 bridgehead atoms. The average molecular weight is 203 g/mol. The highest BCUT2D eigenvalue weighted by Crippen LogP contribution is 2.23. The van der Waals surface area contributed by atoms with E-state index in [4.69, 9.17) is 4.74 Å². The van der Waals surface area contributed by atoms with Gasteiger partial charge >= 0.3 is 0 Å². The third-order valence-corrected chi connectivity index (χ3v) is 2.72. The number of nitrogens with one attached hydrogen (secondary N) is 1. The van der Waals surface area contributed by atoms with Gasteiger partial charge in [0.1, 0.15) is 5.75 Å². The van der Waals surface area contributed by atoms with E-state index in [0.717, 1.165) is 31.7 Å². The van der Waals surface area contributed by atoms with Crippen LogP contribution in [0.3, 0.4) is 0 Å². The predicted molar refractivity (Wildman–Crippen MR) is 63.1 cm³/mol. The Morgan fingerprint density at radius 2 is 2.20 bits per heavy atom. The molecule has 1 aliphatic heterocycles. The van der Waals surface area contributed by atoms with Crippen LogP contribution in [0.25, 0.3) is 5.57 Å². The molecule has 1 aliphatic rings. The van der Waals surface area contributed by atoms with E-state index in [1.807, 2.05) is 12.1 Å². The van der Waals surface area contributed by atoms with Crippen LogP contribution in [0.1, 0.15) is 18.4 Å². The second kappa shape index (κ2) is 4.99. The molecule has 0 aromatic heterocycles. The summed E-state index contributed by atoms with van der Waals surface area (Å²) in [5.74, 6) is 0.936. The molecule has 0 spiro atoms. The summed E-state index contributed by atoms with van der Waals surface area (Å²) >= 11 is 0. The van der Waals surface area contributed by atoms with Gasteiger partial charge in [0.25, 0.3) is 0 Å². The van der Waals surface area contributed by atoms with Gasteiger partial charge in [0.05, 0.1) is 7.11 Å². The van der Waals surface area contributed by atoms with Crippen LogP contribution in [0.4, 0.5) is 0 Å². The molecule has 1 heterocycles. The van der Waals surface area contributed by atoms with E-state index in [1.165, 1.54) is 11.1 Å². The van der Waals surface area contributed by atoms with E-state index in [2.05, 4.69) is 23.5 Å². The summed E-state index contributed by atoms with van der Waals surface area (Å²) in [5, 5.41) is 3.39. The SMILES string of the molecule is COc1cccc(C2=CCCNCC2)c1. The fourth-order valence-electron chi connectivity index (χ4n) is 1.88. The van der Waals surface area contributed by atoms with Gasteiger partial charge in [-0.25, -0.2) is 0 Å². The third-order valence-electron chi connectivity index (χ3n) is 2.72. The highest BCUT2D eigenvalue weighted by molar-refractivity contribution is 5.67. The minimum atomic E-state index is 0.936. The smallest absolute Gasteiger partial charge is 0.119 e. The van der Waals surface area contributed by atoms with E-state index in [0.29, 0.717) is 0 Å². The first-order valence-electron chi connectivity index (χ1n) is 5.44. The van der Waals surface area contributed by atoms with Crippen LogP contribution >= 0.6 is 0 Å². The lowest BCUT2D eigenvalue weighted by Crippen LogP contribution is -2.13. The Bertz CT molecular complexity index is 357. The standard InChI is InChI=1S/C13H17NO/c1-15-13-6-2-4-12(10-13)11-5-3-8-14-9-7-11/h2,4-6,10,14H,3,7-9H2,1H3. The topological polar surface area (TPSA) is 21.3 Å². The maximum Gasteiger partial charge on any atom is 0.119 e. The Hall–Kier alpha value is -1.28. The summed E-state index contributed by atoms with van der Waals surface area (Å²) in [6.07, 6.45) is 4.55. The summed E-state index contributed by atoms with van der Waals surface area (Å²) in [6, 6.07) is 8.29. The number of ether oxygens (including phenoxy) is 1. The van der Waals surface area contributed by atoms with Crippen molar-refractivity contribution in [2.45, 2.75) is 12.8 Å². The van der Waals surface area contributed by atoms with Gasteiger partial charge in [-0.15, -0.1) is 0 Å². The van der Waals surface area contributed by atoms with Gasteiger partial charge in [0.15, 0.2) is 0 Å². The molecule has 0 fully saturated rings. The van der Waals surface area contributed by atoms with Gasteiger partial charge in [0, 0.05) is 0 Å². The van der Waals surface area contributed by atoms with Gasteiger partial charge in [-0.3, -0.25) is 0 Å². The first-order chi connectivity index (χ1) is 7.40.